The highest BCUT2D eigenvalue weighted by atomic mass is 16.5. The van der Waals surface area contributed by atoms with Crippen molar-refractivity contribution in [2.45, 2.75) is 46.1 Å². The van der Waals surface area contributed by atoms with Gasteiger partial charge in [-0.05, 0) is 43.9 Å². The van der Waals surface area contributed by atoms with Gasteiger partial charge in [-0.25, -0.2) is 0 Å². The van der Waals surface area contributed by atoms with E-state index in [1.54, 1.807) is 24.3 Å². The van der Waals surface area contributed by atoms with E-state index >= 15 is 0 Å². The van der Waals surface area contributed by atoms with Gasteiger partial charge in [-0.3, -0.25) is 4.90 Å². The van der Waals surface area contributed by atoms with Gasteiger partial charge in [0.05, 0.1) is 0 Å². The molecule has 118 valence electrons. The molecule has 0 fully saturated rings. The number of nitrogens with zero attached hydrogens (tertiary/aromatic N) is 1. The van der Waals surface area contributed by atoms with E-state index in [9.17, 15) is 0 Å². The lowest BCUT2D eigenvalue weighted by molar-refractivity contribution is 0.162. The van der Waals surface area contributed by atoms with E-state index in [0.717, 1.165) is 25.3 Å². The Balaban J connectivity index is 2.41. The van der Waals surface area contributed by atoms with Crippen molar-refractivity contribution in [3.8, 4) is 5.75 Å². The summed E-state index contributed by atoms with van der Waals surface area (Å²) in [7, 11) is -1.42. The maximum absolute atomic E-state index is 9.04. The summed E-state index contributed by atoms with van der Waals surface area (Å²) >= 11 is 0. The summed E-state index contributed by atoms with van der Waals surface area (Å²) in [6.07, 6.45) is 3.57. The lowest BCUT2D eigenvalue weighted by atomic mass is 9.80. The lowest BCUT2D eigenvalue weighted by Crippen LogP contribution is -2.36. The van der Waals surface area contributed by atoms with Crippen molar-refractivity contribution >= 4 is 12.6 Å². The first-order valence-corrected chi connectivity index (χ1v) is 7.91. The molecule has 2 N–H and O–H groups in total. The van der Waals surface area contributed by atoms with Crippen LogP contribution in [0.3, 0.4) is 0 Å². The van der Waals surface area contributed by atoms with Gasteiger partial charge in [-0.1, -0.05) is 32.4 Å². The molecular formula is C16H28BNO3. The Bertz CT molecular complexity index is 384. The van der Waals surface area contributed by atoms with Gasteiger partial charge in [0.2, 0.25) is 0 Å². The number of benzene rings is 1. The van der Waals surface area contributed by atoms with Crippen molar-refractivity contribution in [3.05, 3.63) is 24.3 Å². The Morgan fingerprint density at radius 2 is 1.81 bits per heavy atom. The van der Waals surface area contributed by atoms with Crippen LogP contribution < -0.4 is 10.2 Å². The van der Waals surface area contributed by atoms with Gasteiger partial charge < -0.3 is 14.8 Å². The molecule has 1 aromatic rings. The molecule has 4 nitrogen and oxygen atoms in total. The van der Waals surface area contributed by atoms with Crippen LogP contribution in [-0.2, 0) is 0 Å². The van der Waals surface area contributed by atoms with Crippen molar-refractivity contribution in [1.29, 1.82) is 0 Å². The molecule has 0 spiro atoms. The second-order valence-corrected chi connectivity index (χ2v) is 5.44. The minimum atomic E-state index is -1.42. The van der Waals surface area contributed by atoms with E-state index < -0.39 is 7.12 Å². The third kappa shape index (κ3) is 6.51. The molecule has 0 saturated heterocycles. The first kappa shape index (κ1) is 18.0. The minimum absolute atomic E-state index is 0.478. The van der Waals surface area contributed by atoms with Crippen molar-refractivity contribution in [1.82, 2.24) is 4.90 Å². The van der Waals surface area contributed by atoms with E-state index in [1.165, 1.54) is 12.8 Å². The summed E-state index contributed by atoms with van der Waals surface area (Å²) in [6.45, 7) is 9.36. The third-order valence-electron chi connectivity index (χ3n) is 3.84. The summed E-state index contributed by atoms with van der Waals surface area (Å²) < 4.78 is 5.74. The van der Waals surface area contributed by atoms with Crippen LogP contribution in [0.1, 0.15) is 40.0 Å². The Morgan fingerprint density at radius 3 is 2.33 bits per heavy atom. The molecule has 1 aromatic carbocycles. The van der Waals surface area contributed by atoms with Crippen LogP contribution in [-0.4, -0.2) is 47.8 Å². The average molecular weight is 293 g/mol. The monoisotopic (exact) mass is 293 g/mol. The van der Waals surface area contributed by atoms with Crippen molar-refractivity contribution in [2.75, 3.05) is 19.7 Å². The smallest absolute Gasteiger partial charge is 0.488 e. The molecule has 5 heteroatoms. The second kappa shape index (κ2) is 9.82. The summed E-state index contributed by atoms with van der Waals surface area (Å²) in [5.41, 5.74) is 0.478. The zero-order chi connectivity index (χ0) is 15.7. The molecule has 0 aromatic heterocycles. The number of hydrogen-bond acceptors (Lipinski definition) is 4. The van der Waals surface area contributed by atoms with E-state index in [-0.39, 0.29) is 0 Å². The van der Waals surface area contributed by atoms with Gasteiger partial charge in [0.25, 0.3) is 0 Å². The Morgan fingerprint density at radius 1 is 1.14 bits per heavy atom. The quantitative estimate of drug-likeness (QED) is 0.644. The molecule has 1 unspecified atom stereocenters. The normalized spacial score (nSPS) is 12.5. The topological polar surface area (TPSA) is 52.9 Å². The van der Waals surface area contributed by atoms with Gasteiger partial charge in [-0.15, -0.1) is 0 Å². The third-order valence-corrected chi connectivity index (χ3v) is 3.84. The molecule has 0 amide bonds. The largest absolute Gasteiger partial charge is 0.492 e. The second-order valence-electron chi connectivity index (χ2n) is 5.44. The maximum atomic E-state index is 9.04. The van der Waals surface area contributed by atoms with E-state index in [2.05, 4.69) is 25.7 Å². The van der Waals surface area contributed by atoms with Gasteiger partial charge in [0, 0.05) is 12.6 Å². The summed E-state index contributed by atoms with van der Waals surface area (Å²) in [4.78, 5) is 2.47. The fraction of sp³-hybridized carbons (Fsp3) is 0.625. The standard InChI is InChI=1S/C16H28BNO3/c1-4-6-11-18(14(3)5-2)12-13-21-16-9-7-15(8-10-16)17(19)20/h7-10,14,19-20H,4-6,11-13H2,1-3H3. The molecule has 0 radical (unpaired) electrons. The van der Waals surface area contributed by atoms with Crippen LogP contribution in [0.25, 0.3) is 0 Å². The van der Waals surface area contributed by atoms with E-state index in [1.807, 2.05) is 0 Å². The fourth-order valence-electron chi connectivity index (χ4n) is 2.19. The minimum Gasteiger partial charge on any atom is -0.492 e. The maximum Gasteiger partial charge on any atom is 0.488 e. The average Bonchev–Trinajstić information content (AvgIpc) is 2.50. The first-order valence-electron chi connectivity index (χ1n) is 7.91. The highest BCUT2D eigenvalue weighted by Gasteiger charge is 2.12. The van der Waals surface area contributed by atoms with Crippen molar-refractivity contribution in [2.24, 2.45) is 0 Å². The van der Waals surface area contributed by atoms with Gasteiger partial charge in [-0.2, -0.15) is 0 Å². The van der Waals surface area contributed by atoms with Crippen LogP contribution in [0.5, 0.6) is 5.75 Å². The Labute approximate surface area is 128 Å². The molecule has 0 aliphatic rings. The van der Waals surface area contributed by atoms with Crippen molar-refractivity contribution < 1.29 is 14.8 Å². The molecule has 0 aliphatic carbocycles. The fourth-order valence-corrected chi connectivity index (χ4v) is 2.19. The summed E-state index contributed by atoms with van der Waals surface area (Å²) in [6, 6.07) is 7.46. The molecule has 0 bridgehead atoms. The van der Waals surface area contributed by atoms with E-state index in [0.29, 0.717) is 18.1 Å². The molecule has 1 rings (SSSR count). The lowest BCUT2D eigenvalue weighted by Gasteiger charge is -2.28. The van der Waals surface area contributed by atoms with Crippen LogP contribution in [0, 0.1) is 0 Å². The highest BCUT2D eigenvalue weighted by molar-refractivity contribution is 6.58. The van der Waals surface area contributed by atoms with Gasteiger partial charge in [0.1, 0.15) is 12.4 Å². The number of ether oxygens (including phenoxy) is 1. The van der Waals surface area contributed by atoms with E-state index in [4.69, 9.17) is 14.8 Å². The van der Waals surface area contributed by atoms with Crippen LogP contribution in [0.4, 0.5) is 0 Å². The van der Waals surface area contributed by atoms with Crippen LogP contribution >= 0.6 is 0 Å². The Hall–Kier alpha value is -1.04. The molecule has 0 saturated carbocycles. The molecular weight excluding hydrogens is 265 g/mol. The van der Waals surface area contributed by atoms with Crippen molar-refractivity contribution in [3.63, 3.8) is 0 Å². The predicted molar refractivity (Wildman–Crippen MR) is 88.0 cm³/mol. The SMILES string of the molecule is CCCCN(CCOc1ccc(B(O)O)cc1)C(C)CC. The number of unbranched alkanes of at least 4 members (excludes halogenated alkanes) is 1. The Kier molecular flexibility index (Phi) is 8.42. The molecule has 0 heterocycles. The molecule has 0 aliphatic heterocycles. The number of rotatable bonds is 10. The zero-order valence-corrected chi connectivity index (χ0v) is 13.5. The highest BCUT2D eigenvalue weighted by Crippen LogP contribution is 2.09. The van der Waals surface area contributed by atoms with Crippen LogP contribution in [0.2, 0.25) is 0 Å². The van der Waals surface area contributed by atoms with Crippen LogP contribution in [0.15, 0.2) is 24.3 Å². The summed E-state index contributed by atoms with van der Waals surface area (Å²) in [5, 5.41) is 18.1. The zero-order valence-electron chi connectivity index (χ0n) is 13.5. The molecule has 1 atom stereocenters. The predicted octanol–water partition coefficient (Wildman–Crippen LogP) is 1.65. The van der Waals surface area contributed by atoms with Gasteiger partial charge >= 0.3 is 7.12 Å². The number of hydrogen-bond donors (Lipinski definition) is 2. The summed E-state index contributed by atoms with van der Waals surface area (Å²) in [5.74, 6) is 0.763. The van der Waals surface area contributed by atoms with Gasteiger partial charge in [0.15, 0.2) is 0 Å². The first-order chi connectivity index (χ1) is 10.1. The molecule has 21 heavy (non-hydrogen) atoms.